The second-order valence-electron chi connectivity index (χ2n) is 2.76. The van der Waals surface area contributed by atoms with E-state index >= 15 is 0 Å². The molecule has 0 aromatic rings. The largest absolute Gasteiger partial charge is 0.481 e. The number of carbonyl (C=O) groups is 2. The van der Waals surface area contributed by atoms with Gasteiger partial charge in [0.05, 0.1) is 18.4 Å². The van der Waals surface area contributed by atoms with E-state index in [2.05, 4.69) is 0 Å². The van der Waals surface area contributed by atoms with Crippen molar-refractivity contribution in [1.29, 1.82) is 0 Å². The van der Waals surface area contributed by atoms with E-state index < -0.39 is 11.9 Å². The van der Waals surface area contributed by atoms with Crippen molar-refractivity contribution in [2.24, 2.45) is 5.92 Å². The van der Waals surface area contributed by atoms with Crippen LogP contribution >= 0.6 is 0 Å². The summed E-state index contributed by atoms with van der Waals surface area (Å²) in [7, 11) is 1.46. The average molecular weight is 174 g/mol. The van der Waals surface area contributed by atoms with E-state index in [1.54, 1.807) is 6.92 Å². The van der Waals surface area contributed by atoms with Gasteiger partial charge in [0.15, 0.2) is 0 Å². The molecule has 0 spiro atoms. The summed E-state index contributed by atoms with van der Waals surface area (Å²) >= 11 is 0. The van der Waals surface area contributed by atoms with Gasteiger partial charge in [-0.1, -0.05) is 0 Å². The molecule has 4 heteroatoms. The molecule has 0 radical (unpaired) electrons. The van der Waals surface area contributed by atoms with Gasteiger partial charge in [-0.3, -0.25) is 9.59 Å². The molecule has 0 fully saturated rings. The Kier molecular flexibility index (Phi) is 4.51. The molecule has 0 aliphatic heterocycles. The van der Waals surface area contributed by atoms with Crippen molar-refractivity contribution in [3.05, 3.63) is 0 Å². The summed E-state index contributed by atoms with van der Waals surface area (Å²) in [5.41, 5.74) is 0. The van der Waals surface area contributed by atoms with Crippen molar-refractivity contribution >= 4 is 11.8 Å². The fraction of sp³-hybridized carbons (Fsp3) is 0.750. The third kappa shape index (κ3) is 3.48. The lowest BCUT2D eigenvalue weighted by Crippen LogP contribution is -2.28. The van der Waals surface area contributed by atoms with E-state index in [0.29, 0.717) is 0 Å². The molecular formula is C8H14O4. The molecule has 0 aliphatic rings. The summed E-state index contributed by atoms with van der Waals surface area (Å²) in [6.45, 7) is 3.07. The molecule has 0 bridgehead atoms. The number of carboxylic acids is 1. The first kappa shape index (κ1) is 11.1. The molecular weight excluding hydrogens is 160 g/mol. The van der Waals surface area contributed by atoms with Crippen LogP contribution in [0.5, 0.6) is 0 Å². The van der Waals surface area contributed by atoms with Crippen molar-refractivity contribution < 1.29 is 19.4 Å². The van der Waals surface area contributed by atoms with Crippen LogP contribution in [0.3, 0.4) is 0 Å². The highest BCUT2D eigenvalue weighted by Crippen LogP contribution is 2.12. The molecule has 4 nitrogen and oxygen atoms in total. The fourth-order valence-electron chi connectivity index (χ4n) is 0.993. The van der Waals surface area contributed by atoms with Gasteiger partial charge in [0.1, 0.15) is 5.78 Å². The third-order valence-electron chi connectivity index (χ3n) is 1.86. The SMILES string of the molecule is COC(C)C(CC(=O)O)C(C)=O. The zero-order valence-electron chi connectivity index (χ0n) is 7.53. The second-order valence-corrected chi connectivity index (χ2v) is 2.76. The molecule has 0 saturated heterocycles. The maximum Gasteiger partial charge on any atom is 0.304 e. The van der Waals surface area contributed by atoms with Crippen molar-refractivity contribution in [2.75, 3.05) is 7.11 Å². The lowest BCUT2D eigenvalue weighted by atomic mass is 9.96. The molecule has 0 rings (SSSR count). The lowest BCUT2D eigenvalue weighted by molar-refractivity contribution is -0.142. The zero-order chi connectivity index (χ0) is 9.72. The van der Waals surface area contributed by atoms with Crippen molar-refractivity contribution in [3.63, 3.8) is 0 Å². The van der Waals surface area contributed by atoms with Crippen LogP contribution in [0.2, 0.25) is 0 Å². The van der Waals surface area contributed by atoms with Crippen LogP contribution in [0, 0.1) is 5.92 Å². The van der Waals surface area contributed by atoms with Gasteiger partial charge in [-0.2, -0.15) is 0 Å². The van der Waals surface area contributed by atoms with Gasteiger partial charge in [0, 0.05) is 7.11 Å². The predicted octanol–water partition coefficient (Wildman–Crippen LogP) is 0.701. The number of hydrogen-bond acceptors (Lipinski definition) is 3. The Morgan fingerprint density at radius 3 is 2.25 bits per heavy atom. The number of ketones is 1. The first-order valence-corrected chi connectivity index (χ1v) is 3.74. The average Bonchev–Trinajstić information content (AvgIpc) is 1.98. The summed E-state index contributed by atoms with van der Waals surface area (Å²) in [4.78, 5) is 21.3. The molecule has 0 saturated carbocycles. The Labute approximate surface area is 71.5 Å². The summed E-state index contributed by atoms with van der Waals surface area (Å²) < 4.78 is 4.89. The monoisotopic (exact) mass is 174 g/mol. The third-order valence-corrected chi connectivity index (χ3v) is 1.86. The normalized spacial score (nSPS) is 15.2. The van der Waals surface area contributed by atoms with E-state index in [0.717, 1.165) is 0 Å². The van der Waals surface area contributed by atoms with Gasteiger partial charge >= 0.3 is 5.97 Å². The molecule has 0 aromatic heterocycles. The lowest BCUT2D eigenvalue weighted by Gasteiger charge is -2.17. The summed E-state index contributed by atoms with van der Waals surface area (Å²) in [5, 5.41) is 8.47. The van der Waals surface area contributed by atoms with Gasteiger partial charge in [-0.15, -0.1) is 0 Å². The van der Waals surface area contributed by atoms with Crippen molar-refractivity contribution in [1.82, 2.24) is 0 Å². The number of carboxylic acid groups (broad SMARTS) is 1. The standard InChI is InChI=1S/C8H14O4/c1-5(9)7(4-8(10)11)6(2)12-3/h6-7H,4H2,1-3H3,(H,10,11). The Hall–Kier alpha value is -0.900. The van der Waals surface area contributed by atoms with Gasteiger partial charge in [-0.25, -0.2) is 0 Å². The van der Waals surface area contributed by atoms with E-state index in [-0.39, 0.29) is 18.3 Å². The number of carbonyl (C=O) groups excluding carboxylic acids is 1. The van der Waals surface area contributed by atoms with Crippen LogP contribution in [-0.4, -0.2) is 30.1 Å². The minimum absolute atomic E-state index is 0.147. The second kappa shape index (κ2) is 4.87. The molecule has 1 N–H and O–H groups in total. The predicted molar refractivity (Wildman–Crippen MR) is 42.9 cm³/mol. The van der Waals surface area contributed by atoms with E-state index in [1.165, 1.54) is 14.0 Å². The highest BCUT2D eigenvalue weighted by Gasteiger charge is 2.24. The van der Waals surface area contributed by atoms with Crippen molar-refractivity contribution in [3.8, 4) is 0 Å². The number of methoxy groups -OCH3 is 1. The highest BCUT2D eigenvalue weighted by atomic mass is 16.5. The molecule has 12 heavy (non-hydrogen) atoms. The summed E-state index contributed by atoms with van der Waals surface area (Å²) in [6.07, 6.45) is -0.497. The Balaban J connectivity index is 4.22. The Morgan fingerprint density at radius 1 is 1.50 bits per heavy atom. The Morgan fingerprint density at radius 2 is 2.00 bits per heavy atom. The molecule has 0 heterocycles. The van der Waals surface area contributed by atoms with E-state index in [9.17, 15) is 9.59 Å². The first-order chi connectivity index (χ1) is 5.49. The van der Waals surface area contributed by atoms with Crippen LogP contribution in [0.25, 0.3) is 0 Å². The summed E-state index contributed by atoms with van der Waals surface area (Å²) in [6, 6.07) is 0. The van der Waals surface area contributed by atoms with Crippen LogP contribution in [0.4, 0.5) is 0 Å². The number of hydrogen-bond donors (Lipinski definition) is 1. The maximum absolute atomic E-state index is 10.9. The zero-order valence-corrected chi connectivity index (χ0v) is 7.53. The number of Topliss-reactive ketones (excluding diaryl/α,β-unsaturated/α-hetero) is 1. The van der Waals surface area contributed by atoms with Crippen LogP contribution in [-0.2, 0) is 14.3 Å². The minimum Gasteiger partial charge on any atom is -0.481 e. The van der Waals surface area contributed by atoms with Crippen LogP contribution < -0.4 is 0 Å². The number of aliphatic carboxylic acids is 1. The van der Waals surface area contributed by atoms with Crippen molar-refractivity contribution in [2.45, 2.75) is 26.4 Å². The van der Waals surface area contributed by atoms with Gasteiger partial charge in [-0.05, 0) is 13.8 Å². The molecule has 0 aromatic carbocycles. The van der Waals surface area contributed by atoms with E-state index in [4.69, 9.17) is 9.84 Å². The highest BCUT2D eigenvalue weighted by molar-refractivity contribution is 5.83. The smallest absolute Gasteiger partial charge is 0.304 e. The number of ether oxygens (including phenoxy) is 1. The molecule has 70 valence electrons. The number of rotatable bonds is 5. The molecule has 0 amide bonds. The van der Waals surface area contributed by atoms with Crippen LogP contribution in [0.1, 0.15) is 20.3 Å². The minimum atomic E-state index is -0.973. The van der Waals surface area contributed by atoms with Gasteiger partial charge in [0.2, 0.25) is 0 Å². The van der Waals surface area contributed by atoms with Gasteiger partial charge < -0.3 is 9.84 Å². The molecule has 2 atom stereocenters. The topological polar surface area (TPSA) is 63.6 Å². The fourth-order valence-corrected chi connectivity index (χ4v) is 0.993. The van der Waals surface area contributed by atoms with Gasteiger partial charge in [0.25, 0.3) is 0 Å². The molecule has 2 unspecified atom stereocenters. The molecule has 0 aliphatic carbocycles. The van der Waals surface area contributed by atoms with Crippen LogP contribution in [0.15, 0.2) is 0 Å². The quantitative estimate of drug-likeness (QED) is 0.666. The van der Waals surface area contributed by atoms with E-state index in [1.807, 2.05) is 0 Å². The first-order valence-electron chi connectivity index (χ1n) is 3.74. The maximum atomic E-state index is 10.9. The summed E-state index contributed by atoms with van der Waals surface area (Å²) in [5.74, 6) is -1.65. The Bertz CT molecular complexity index is 176.